The van der Waals surface area contributed by atoms with Gasteiger partial charge in [-0.1, -0.05) is 6.92 Å². The van der Waals surface area contributed by atoms with E-state index in [0.29, 0.717) is 5.92 Å². The molecule has 0 bridgehead atoms. The molecular weight excluding hydrogens is 150 g/mol. The fourth-order valence-corrected chi connectivity index (χ4v) is 2.51. The Morgan fingerprint density at radius 3 is 2.67 bits per heavy atom. The highest BCUT2D eigenvalue weighted by molar-refractivity contribution is 4.97. The van der Waals surface area contributed by atoms with Gasteiger partial charge in [0.1, 0.15) is 0 Å². The van der Waals surface area contributed by atoms with Crippen LogP contribution < -0.4 is 0 Å². The number of rotatable bonds is 2. The molecule has 12 heavy (non-hydrogen) atoms. The van der Waals surface area contributed by atoms with Crippen molar-refractivity contribution in [1.29, 1.82) is 0 Å². The third-order valence-electron chi connectivity index (χ3n) is 3.70. The molecule has 1 atom stereocenters. The van der Waals surface area contributed by atoms with Crippen LogP contribution in [0.1, 0.15) is 32.6 Å². The highest BCUT2D eigenvalue weighted by Gasteiger charge is 2.44. The molecule has 1 saturated heterocycles. The zero-order valence-corrected chi connectivity index (χ0v) is 7.92. The van der Waals surface area contributed by atoms with Gasteiger partial charge >= 0.3 is 0 Å². The first-order valence-electron chi connectivity index (χ1n) is 5.19. The van der Waals surface area contributed by atoms with Crippen LogP contribution in [0.25, 0.3) is 0 Å². The van der Waals surface area contributed by atoms with Crippen molar-refractivity contribution in [3.63, 3.8) is 0 Å². The van der Waals surface area contributed by atoms with E-state index in [9.17, 15) is 5.11 Å². The summed E-state index contributed by atoms with van der Waals surface area (Å²) in [5, 5.41) is 10.1. The first-order chi connectivity index (χ1) is 5.74. The van der Waals surface area contributed by atoms with Gasteiger partial charge in [-0.05, 0) is 38.8 Å². The minimum atomic E-state index is -0.260. The van der Waals surface area contributed by atoms with E-state index in [1.165, 1.54) is 19.4 Å². The van der Waals surface area contributed by atoms with Crippen LogP contribution in [0.4, 0.5) is 0 Å². The second kappa shape index (κ2) is 3.00. The lowest BCUT2D eigenvalue weighted by molar-refractivity contribution is -0.0796. The van der Waals surface area contributed by atoms with Crippen LogP contribution in [0.3, 0.4) is 0 Å². The number of aliphatic hydroxyl groups is 1. The molecule has 1 aliphatic carbocycles. The van der Waals surface area contributed by atoms with Crippen LogP contribution in [-0.4, -0.2) is 35.2 Å². The summed E-state index contributed by atoms with van der Waals surface area (Å²) < 4.78 is 0. The molecule has 70 valence electrons. The summed E-state index contributed by atoms with van der Waals surface area (Å²) in [7, 11) is 0. The van der Waals surface area contributed by atoms with Crippen molar-refractivity contribution in [3.8, 4) is 0 Å². The standard InChI is InChI=1S/C10H19NO/c1-2-11-7-4-9(8-11)10(12)5-3-6-10/h9,12H,2-8H2,1H3. The summed E-state index contributed by atoms with van der Waals surface area (Å²) in [6.07, 6.45) is 4.55. The first-order valence-corrected chi connectivity index (χ1v) is 5.19. The molecule has 1 heterocycles. The van der Waals surface area contributed by atoms with Crippen molar-refractivity contribution in [1.82, 2.24) is 4.90 Å². The molecule has 0 spiro atoms. The van der Waals surface area contributed by atoms with E-state index in [0.717, 1.165) is 25.9 Å². The molecule has 2 heteroatoms. The molecule has 1 unspecified atom stereocenters. The smallest absolute Gasteiger partial charge is 0.0688 e. The fraction of sp³-hybridized carbons (Fsp3) is 1.00. The van der Waals surface area contributed by atoms with E-state index in [-0.39, 0.29) is 5.60 Å². The Morgan fingerprint density at radius 2 is 2.25 bits per heavy atom. The molecule has 2 fully saturated rings. The lowest BCUT2D eigenvalue weighted by atomic mass is 9.71. The van der Waals surface area contributed by atoms with Crippen LogP contribution in [-0.2, 0) is 0 Å². The summed E-state index contributed by atoms with van der Waals surface area (Å²) in [5.41, 5.74) is -0.260. The van der Waals surface area contributed by atoms with Crippen molar-refractivity contribution >= 4 is 0 Å². The molecule has 0 aromatic carbocycles. The lowest BCUT2D eigenvalue weighted by Gasteiger charge is -2.41. The second-order valence-electron chi connectivity index (χ2n) is 4.34. The van der Waals surface area contributed by atoms with Crippen LogP contribution in [0.15, 0.2) is 0 Å². The van der Waals surface area contributed by atoms with Crippen LogP contribution >= 0.6 is 0 Å². The maximum absolute atomic E-state index is 10.1. The normalized spacial score (nSPS) is 35.0. The number of hydrogen-bond donors (Lipinski definition) is 1. The highest BCUT2D eigenvalue weighted by atomic mass is 16.3. The topological polar surface area (TPSA) is 23.5 Å². The molecule has 1 saturated carbocycles. The van der Waals surface area contributed by atoms with Crippen molar-refractivity contribution in [2.45, 2.75) is 38.2 Å². The monoisotopic (exact) mass is 169 g/mol. The molecule has 2 nitrogen and oxygen atoms in total. The summed E-state index contributed by atoms with van der Waals surface area (Å²) in [6, 6.07) is 0. The third kappa shape index (κ3) is 1.27. The predicted molar refractivity (Wildman–Crippen MR) is 49.0 cm³/mol. The van der Waals surface area contributed by atoms with Crippen molar-refractivity contribution in [2.75, 3.05) is 19.6 Å². The predicted octanol–water partition coefficient (Wildman–Crippen LogP) is 1.24. The van der Waals surface area contributed by atoms with Gasteiger partial charge in [0.25, 0.3) is 0 Å². The van der Waals surface area contributed by atoms with Crippen LogP contribution in [0, 0.1) is 5.92 Å². The zero-order chi connectivity index (χ0) is 8.60. The molecule has 0 aromatic heterocycles. The molecule has 0 amide bonds. The number of nitrogens with zero attached hydrogens (tertiary/aromatic N) is 1. The molecular formula is C10H19NO. The van der Waals surface area contributed by atoms with E-state index in [2.05, 4.69) is 11.8 Å². The lowest BCUT2D eigenvalue weighted by Crippen LogP contribution is -2.45. The SMILES string of the molecule is CCN1CCC(C2(O)CCC2)C1. The van der Waals surface area contributed by atoms with Gasteiger partial charge in [0.2, 0.25) is 0 Å². The van der Waals surface area contributed by atoms with Gasteiger partial charge in [-0.15, -0.1) is 0 Å². The van der Waals surface area contributed by atoms with E-state index in [1.54, 1.807) is 0 Å². The van der Waals surface area contributed by atoms with Crippen molar-refractivity contribution < 1.29 is 5.11 Å². The molecule has 2 rings (SSSR count). The van der Waals surface area contributed by atoms with Gasteiger partial charge in [-0.2, -0.15) is 0 Å². The van der Waals surface area contributed by atoms with Crippen LogP contribution in [0.2, 0.25) is 0 Å². The minimum Gasteiger partial charge on any atom is -0.390 e. The van der Waals surface area contributed by atoms with E-state index in [1.807, 2.05) is 0 Å². The average molecular weight is 169 g/mol. The van der Waals surface area contributed by atoms with Crippen molar-refractivity contribution in [3.05, 3.63) is 0 Å². The summed E-state index contributed by atoms with van der Waals surface area (Å²) >= 11 is 0. The third-order valence-corrected chi connectivity index (χ3v) is 3.70. The Kier molecular flexibility index (Phi) is 2.13. The van der Waals surface area contributed by atoms with Gasteiger partial charge in [-0.25, -0.2) is 0 Å². The maximum Gasteiger partial charge on any atom is 0.0688 e. The first kappa shape index (κ1) is 8.52. The Bertz CT molecular complexity index is 165. The van der Waals surface area contributed by atoms with Crippen LogP contribution in [0.5, 0.6) is 0 Å². The van der Waals surface area contributed by atoms with Gasteiger partial charge < -0.3 is 10.0 Å². The van der Waals surface area contributed by atoms with E-state index < -0.39 is 0 Å². The fourth-order valence-electron chi connectivity index (χ4n) is 2.51. The Balaban J connectivity index is 1.90. The average Bonchev–Trinajstić information content (AvgIpc) is 2.48. The van der Waals surface area contributed by atoms with E-state index in [4.69, 9.17) is 0 Å². The number of likely N-dealkylation sites (tertiary alicyclic amines) is 1. The molecule has 2 aliphatic rings. The summed E-state index contributed by atoms with van der Waals surface area (Å²) in [5.74, 6) is 0.575. The van der Waals surface area contributed by atoms with Gasteiger partial charge in [0, 0.05) is 12.5 Å². The van der Waals surface area contributed by atoms with Crippen molar-refractivity contribution in [2.24, 2.45) is 5.92 Å². The van der Waals surface area contributed by atoms with E-state index >= 15 is 0 Å². The largest absolute Gasteiger partial charge is 0.390 e. The molecule has 1 N–H and O–H groups in total. The quantitative estimate of drug-likeness (QED) is 0.672. The maximum atomic E-state index is 10.1. The number of hydrogen-bond acceptors (Lipinski definition) is 2. The molecule has 0 radical (unpaired) electrons. The Morgan fingerprint density at radius 1 is 1.50 bits per heavy atom. The Labute approximate surface area is 74.6 Å². The summed E-state index contributed by atoms with van der Waals surface area (Å²) in [4.78, 5) is 2.45. The summed E-state index contributed by atoms with van der Waals surface area (Å²) in [6.45, 7) is 5.68. The minimum absolute atomic E-state index is 0.260. The highest BCUT2D eigenvalue weighted by Crippen LogP contribution is 2.42. The second-order valence-corrected chi connectivity index (χ2v) is 4.34. The molecule has 1 aliphatic heterocycles. The van der Waals surface area contributed by atoms with Gasteiger partial charge in [0.05, 0.1) is 5.60 Å². The molecule has 0 aromatic rings. The van der Waals surface area contributed by atoms with Gasteiger partial charge in [0.15, 0.2) is 0 Å². The Hall–Kier alpha value is -0.0800. The zero-order valence-electron chi connectivity index (χ0n) is 7.92. The van der Waals surface area contributed by atoms with Gasteiger partial charge in [-0.3, -0.25) is 0 Å².